The Morgan fingerprint density at radius 1 is 0.528 bits per heavy atom. The summed E-state index contributed by atoms with van der Waals surface area (Å²) < 4.78 is 5.64. The van der Waals surface area contributed by atoms with Crippen LogP contribution in [0.15, 0.2) is 146 Å². The van der Waals surface area contributed by atoms with Crippen molar-refractivity contribution in [2.75, 3.05) is 0 Å². The molecule has 0 aliphatic carbocycles. The molecule has 0 atom stereocenters. The summed E-state index contributed by atoms with van der Waals surface area (Å²) in [5.74, 6) is -2.25. The summed E-state index contributed by atoms with van der Waals surface area (Å²) in [4.78, 5) is 48.1. The number of rotatable bonds is 14. The maximum atomic E-state index is 13.2. The second kappa shape index (κ2) is 16.2. The van der Waals surface area contributed by atoms with Gasteiger partial charge in [-0.3, -0.25) is 0 Å². The van der Waals surface area contributed by atoms with Gasteiger partial charge >= 0.3 is 17.9 Å². The van der Waals surface area contributed by atoms with Crippen LogP contribution in [0.4, 0.5) is 0 Å². The van der Waals surface area contributed by atoms with E-state index in [9.17, 15) is 24.6 Å². The smallest absolute Gasteiger partial charge is 0.344 e. The van der Waals surface area contributed by atoms with Gasteiger partial charge in [-0.2, -0.15) is 4.89 Å². The minimum absolute atomic E-state index is 0.0134. The Morgan fingerprint density at radius 3 is 1.55 bits per heavy atom. The molecule has 0 aliphatic heterocycles. The number of carboxylic acid groups (broad SMARTS) is 2. The van der Waals surface area contributed by atoms with Gasteiger partial charge in [0.15, 0.2) is 5.75 Å². The van der Waals surface area contributed by atoms with E-state index in [2.05, 4.69) is 13.8 Å². The van der Waals surface area contributed by atoms with Crippen LogP contribution in [0, 0.1) is 0 Å². The molecule has 2 N–H and O–H groups in total. The largest absolute Gasteiger partial charge is 0.478 e. The van der Waals surface area contributed by atoms with Crippen molar-refractivity contribution in [1.29, 1.82) is 0 Å². The number of carbonyl (C=O) groups excluding carboxylic acids is 1. The maximum Gasteiger partial charge on any atom is 0.344 e. The van der Waals surface area contributed by atoms with E-state index in [-0.39, 0.29) is 29.0 Å². The van der Waals surface area contributed by atoms with Crippen LogP contribution >= 0.6 is 0 Å². The van der Waals surface area contributed by atoms with Gasteiger partial charge in [0.25, 0.3) is 0 Å². The number of carbonyl (C=O) groups is 3. The molecule has 8 nitrogen and oxygen atoms in total. The summed E-state index contributed by atoms with van der Waals surface area (Å²) in [5.41, 5.74) is 5.94. The zero-order valence-electron chi connectivity index (χ0n) is 29.3. The van der Waals surface area contributed by atoms with E-state index < -0.39 is 23.3 Å². The number of ether oxygens (including phenoxy) is 1. The van der Waals surface area contributed by atoms with Crippen molar-refractivity contribution < 1.29 is 39.1 Å². The predicted molar refractivity (Wildman–Crippen MR) is 201 cm³/mol. The Kier molecular flexibility index (Phi) is 11.1. The van der Waals surface area contributed by atoms with Gasteiger partial charge < -0.3 is 19.8 Å². The quantitative estimate of drug-likeness (QED) is 0.0498. The lowest BCUT2D eigenvalue weighted by atomic mass is 9.78. The molecule has 0 aromatic heterocycles. The van der Waals surface area contributed by atoms with Crippen LogP contribution < -0.4 is 9.62 Å². The Hall–Kier alpha value is -6.51. The predicted octanol–water partition coefficient (Wildman–Crippen LogP) is 9.32. The Balaban J connectivity index is 1.08. The van der Waals surface area contributed by atoms with E-state index in [1.54, 1.807) is 42.5 Å². The van der Waals surface area contributed by atoms with Gasteiger partial charge in [0, 0.05) is 5.41 Å². The fourth-order valence-electron chi connectivity index (χ4n) is 6.16. The lowest BCUT2D eigenvalue weighted by Gasteiger charge is -2.26. The topological polar surface area (TPSA) is 119 Å². The summed E-state index contributed by atoms with van der Waals surface area (Å²) in [6.45, 7) is 4.08. The number of carboxylic acids is 2. The lowest BCUT2D eigenvalue weighted by Crippen LogP contribution is -2.19. The Labute approximate surface area is 307 Å². The minimum atomic E-state index is -1.21. The van der Waals surface area contributed by atoms with Crippen molar-refractivity contribution in [1.82, 2.24) is 0 Å². The first-order chi connectivity index (χ1) is 25.6. The highest BCUT2D eigenvalue weighted by atomic mass is 17.2. The molecule has 0 saturated carbocycles. The second-order valence-corrected chi connectivity index (χ2v) is 13.2. The molecule has 0 heterocycles. The van der Waals surface area contributed by atoms with Gasteiger partial charge in [0.2, 0.25) is 0 Å². The van der Waals surface area contributed by atoms with E-state index in [0.717, 1.165) is 33.4 Å². The van der Waals surface area contributed by atoms with Crippen LogP contribution in [0.1, 0.15) is 83.9 Å². The van der Waals surface area contributed by atoms with E-state index in [4.69, 9.17) is 14.5 Å². The normalized spacial score (nSPS) is 11.1. The Morgan fingerprint density at radius 2 is 1.02 bits per heavy atom. The van der Waals surface area contributed by atoms with E-state index in [1.165, 1.54) is 6.07 Å². The second-order valence-electron chi connectivity index (χ2n) is 13.2. The molecule has 0 aliphatic rings. The number of esters is 1. The molecule has 0 spiro atoms. The first-order valence-corrected chi connectivity index (χ1v) is 17.1. The summed E-state index contributed by atoms with van der Waals surface area (Å²) in [7, 11) is 0. The fraction of sp³-hybridized carbons (Fsp3) is 0.133. The molecule has 53 heavy (non-hydrogen) atoms. The molecule has 0 unspecified atom stereocenters. The molecular formula is C45H38O8. The number of hydrogen-bond donors (Lipinski definition) is 2. The first kappa shape index (κ1) is 36.3. The van der Waals surface area contributed by atoms with Crippen molar-refractivity contribution in [3.63, 3.8) is 0 Å². The first-order valence-electron chi connectivity index (χ1n) is 17.1. The van der Waals surface area contributed by atoms with Crippen LogP contribution in [0.2, 0.25) is 0 Å². The van der Waals surface area contributed by atoms with Crippen LogP contribution in [-0.2, 0) is 29.8 Å². The van der Waals surface area contributed by atoms with Gasteiger partial charge in [0.1, 0.15) is 12.4 Å². The van der Waals surface area contributed by atoms with Crippen LogP contribution in [0.3, 0.4) is 0 Å². The highest BCUT2D eigenvalue weighted by Gasteiger charge is 2.24. The van der Waals surface area contributed by atoms with Crippen LogP contribution in [-0.4, -0.2) is 28.1 Å². The molecule has 0 saturated heterocycles. The van der Waals surface area contributed by atoms with Gasteiger partial charge in [0.05, 0.1) is 16.7 Å². The van der Waals surface area contributed by atoms with Crippen molar-refractivity contribution in [2.45, 2.75) is 38.7 Å². The maximum absolute atomic E-state index is 13.2. The van der Waals surface area contributed by atoms with Crippen molar-refractivity contribution in [3.05, 3.63) is 201 Å². The summed E-state index contributed by atoms with van der Waals surface area (Å²) in [5, 5.41) is 19.4. The zero-order valence-corrected chi connectivity index (χ0v) is 29.3. The Bertz CT molecular complexity index is 2210. The monoisotopic (exact) mass is 706 g/mol. The van der Waals surface area contributed by atoms with E-state index >= 15 is 0 Å². The third-order valence-corrected chi connectivity index (χ3v) is 9.17. The molecule has 0 bridgehead atoms. The average Bonchev–Trinajstić information content (AvgIpc) is 3.16. The highest BCUT2D eigenvalue weighted by molar-refractivity contribution is 6.03. The molecule has 6 rings (SSSR count). The van der Waals surface area contributed by atoms with E-state index in [0.29, 0.717) is 24.2 Å². The van der Waals surface area contributed by atoms with Crippen molar-refractivity contribution >= 4 is 17.9 Å². The van der Waals surface area contributed by atoms with Crippen molar-refractivity contribution in [3.8, 4) is 11.5 Å². The molecule has 0 amide bonds. The SMILES string of the molecule is CC(C)(c1ccc(OOCc2cc(Cc3ccccc3)ccc2C(=O)O)cc1)c1ccc(OC(=O)c2cc(Cc3ccccc3)ccc2C(=O)O)cc1. The van der Waals surface area contributed by atoms with Gasteiger partial charge in [-0.25, -0.2) is 14.4 Å². The third kappa shape index (κ3) is 9.05. The van der Waals surface area contributed by atoms with Crippen LogP contribution in [0.25, 0.3) is 0 Å². The highest BCUT2D eigenvalue weighted by Crippen LogP contribution is 2.34. The molecular weight excluding hydrogens is 668 g/mol. The molecule has 6 aromatic rings. The average molecular weight is 707 g/mol. The van der Waals surface area contributed by atoms with Gasteiger partial charge in [-0.1, -0.05) is 117 Å². The molecule has 6 aromatic carbocycles. The van der Waals surface area contributed by atoms with Crippen molar-refractivity contribution in [2.24, 2.45) is 0 Å². The van der Waals surface area contributed by atoms with Gasteiger partial charge in [-0.05, 0) is 94.3 Å². The summed E-state index contributed by atoms with van der Waals surface area (Å²) in [6.07, 6.45) is 1.21. The van der Waals surface area contributed by atoms with Gasteiger partial charge in [-0.15, -0.1) is 0 Å². The third-order valence-electron chi connectivity index (χ3n) is 9.17. The number of hydrogen-bond acceptors (Lipinski definition) is 6. The lowest BCUT2D eigenvalue weighted by molar-refractivity contribution is -0.217. The fourth-order valence-corrected chi connectivity index (χ4v) is 6.16. The zero-order chi connectivity index (χ0) is 37.4. The standard InChI is InChI=1S/C45H38O8/c1-45(2,35-15-19-37(20-16-35)52-44(50)41-28-33(14-24-40(41)43(48)49)26-31-11-7-4-8-12-31)36-17-21-38(22-18-36)53-51-29-34-27-32(13-23-39(34)42(46)47)25-30-9-5-3-6-10-30/h3-24,27-28H,25-26,29H2,1-2H3,(H,46,47)(H,48,49). The van der Waals surface area contributed by atoms with Crippen LogP contribution in [0.5, 0.6) is 11.5 Å². The summed E-state index contributed by atoms with van der Waals surface area (Å²) in [6, 6.07) is 44.1. The number of aromatic carboxylic acids is 2. The minimum Gasteiger partial charge on any atom is -0.478 e. The number of benzene rings is 6. The van der Waals surface area contributed by atoms with E-state index in [1.807, 2.05) is 97.1 Å². The summed E-state index contributed by atoms with van der Waals surface area (Å²) >= 11 is 0. The molecule has 266 valence electrons. The molecule has 8 heteroatoms. The molecule has 0 fully saturated rings. The molecule has 0 radical (unpaired) electrons.